The summed E-state index contributed by atoms with van der Waals surface area (Å²) in [5.74, 6) is -1.66. The number of hydrogen-bond acceptors (Lipinski definition) is 2. The van der Waals surface area contributed by atoms with Crippen LogP contribution in [-0.4, -0.2) is 10.5 Å². The lowest BCUT2D eigenvalue weighted by Gasteiger charge is -2.14. The van der Waals surface area contributed by atoms with E-state index in [9.17, 15) is 27.2 Å². The maximum absolute atomic E-state index is 13.4. The van der Waals surface area contributed by atoms with Gasteiger partial charge in [0, 0.05) is 18.6 Å². The Labute approximate surface area is 144 Å². The second kappa shape index (κ2) is 6.29. The van der Waals surface area contributed by atoms with Crippen molar-refractivity contribution in [2.24, 2.45) is 7.05 Å². The molecule has 3 aromatic rings. The highest BCUT2D eigenvalue weighted by atomic mass is 19.4. The molecule has 1 heterocycles. The van der Waals surface area contributed by atoms with Crippen LogP contribution in [0, 0.1) is 5.82 Å². The van der Waals surface area contributed by atoms with Crippen LogP contribution in [0.1, 0.15) is 15.9 Å². The van der Waals surface area contributed by atoms with Crippen LogP contribution in [0.2, 0.25) is 0 Å². The van der Waals surface area contributed by atoms with Gasteiger partial charge < -0.3 is 9.88 Å². The number of nitrogens with zero attached hydrogens (tertiary/aromatic N) is 1. The molecule has 3 rings (SSSR count). The zero-order chi connectivity index (χ0) is 19.1. The Kier molecular flexibility index (Phi) is 4.27. The molecule has 8 heteroatoms. The molecule has 0 unspecified atom stereocenters. The third-order valence-corrected chi connectivity index (χ3v) is 3.88. The number of para-hydroxylation sites is 1. The number of aromatic nitrogens is 1. The molecule has 0 atom stereocenters. The number of benzene rings is 2. The fourth-order valence-electron chi connectivity index (χ4n) is 2.66. The molecule has 1 aromatic heterocycles. The van der Waals surface area contributed by atoms with Gasteiger partial charge in [-0.15, -0.1) is 0 Å². The van der Waals surface area contributed by atoms with Gasteiger partial charge in [-0.1, -0.05) is 12.1 Å². The van der Waals surface area contributed by atoms with Crippen molar-refractivity contribution in [1.82, 2.24) is 4.57 Å². The van der Waals surface area contributed by atoms with Crippen molar-refractivity contribution in [3.63, 3.8) is 0 Å². The molecule has 2 aromatic carbocycles. The number of amides is 1. The minimum absolute atomic E-state index is 0.0377. The standard InChI is InChI=1S/C18H12F4N2O2/c1-24-9-12(16(25)11-8-10(19)6-7-15(11)24)17(26)23-14-5-3-2-4-13(14)18(20,21)22/h2-9H,1H3,(H,23,26). The number of hydrogen-bond donors (Lipinski definition) is 1. The first kappa shape index (κ1) is 17.7. The van der Waals surface area contributed by atoms with Crippen molar-refractivity contribution in [2.75, 3.05) is 5.32 Å². The number of carbonyl (C=O) groups excluding carboxylic acids is 1. The third kappa shape index (κ3) is 3.17. The molecule has 0 aliphatic carbocycles. The van der Waals surface area contributed by atoms with Crippen molar-refractivity contribution in [3.8, 4) is 0 Å². The zero-order valence-electron chi connectivity index (χ0n) is 13.4. The average molecular weight is 364 g/mol. The predicted molar refractivity (Wildman–Crippen MR) is 88.5 cm³/mol. The monoisotopic (exact) mass is 364 g/mol. The molecule has 0 saturated carbocycles. The van der Waals surface area contributed by atoms with Crippen molar-refractivity contribution < 1.29 is 22.4 Å². The van der Waals surface area contributed by atoms with Gasteiger partial charge in [0.2, 0.25) is 5.43 Å². The summed E-state index contributed by atoms with van der Waals surface area (Å²) in [5.41, 5.74) is -2.26. The largest absolute Gasteiger partial charge is 0.418 e. The molecule has 26 heavy (non-hydrogen) atoms. The summed E-state index contributed by atoms with van der Waals surface area (Å²) in [6.07, 6.45) is -3.46. The molecular weight excluding hydrogens is 352 g/mol. The van der Waals surface area contributed by atoms with Crippen molar-refractivity contribution in [1.29, 1.82) is 0 Å². The van der Waals surface area contributed by atoms with Gasteiger partial charge in [-0.25, -0.2) is 4.39 Å². The highest BCUT2D eigenvalue weighted by Gasteiger charge is 2.33. The van der Waals surface area contributed by atoms with Crippen LogP contribution in [0.25, 0.3) is 10.9 Å². The lowest BCUT2D eigenvalue weighted by molar-refractivity contribution is -0.136. The highest BCUT2D eigenvalue weighted by Crippen LogP contribution is 2.34. The minimum atomic E-state index is -4.67. The first-order chi connectivity index (χ1) is 12.2. The van der Waals surface area contributed by atoms with E-state index in [4.69, 9.17) is 0 Å². The number of fused-ring (bicyclic) bond motifs is 1. The first-order valence-corrected chi connectivity index (χ1v) is 7.45. The van der Waals surface area contributed by atoms with Crippen LogP contribution in [0.5, 0.6) is 0 Å². The van der Waals surface area contributed by atoms with Crippen LogP contribution in [0.3, 0.4) is 0 Å². The molecule has 1 N–H and O–H groups in total. The number of alkyl halides is 3. The molecule has 0 aliphatic rings. The average Bonchev–Trinajstić information content (AvgIpc) is 2.57. The quantitative estimate of drug-likeness (QED) is 0.700. The fourth-order valence-corrected chi connectivity index (χ4v) is 2.66. The topological polar surface area (TPSA) is 51.1 Å². The summed E-state index contributed by atoms with van der Waals surface area (Å²) in [6.45, 7) is 0. The Bertz CT molecular complexity index is 1070. The molecule has 0 radical (unpaired) electrons. The van der Waals surface area contributed by atoms with E-state index in [0.29, 0.717) is 5.52 Å². The minimum Gasteiger partial charge on any atom is -0.350 e. The van der Waals surface area contributed by atoms with Gasteiger partial charge in [0.05, 0.1) is 16.8 Å². The SMILES string of the molecule is Cn1cc(C(=O)Nc2ccccc2C(F)(F)F)c(=O)c2cc(F)ccc21. The van der Waals surface area contributed by atoms with Crippen molar-refractivity contribution >= 4 is 22.5 Å². The van der Waals surface area contributed by atoms with Crippen LogP contribution >= 0.6 is 0 Å². The summed E-state index contributed by atoms with van der Waals surface area (Å²) < 4.78 is 54.0. The lowest BCUT2D eigenvalue weighted by Crippen LogP contribution is -2.24. The number of anilines is 1. The van der Waals surface area contributed by atoms with E-state index >= 15 is 0 Å². The molecule has 0 saturated heterocycles. The first-order valence-electron chi connectivity index (χ1n) is 7.45. The van der Waals surface area contributed by atoms with Gasteiger partial charge in [-0.2, -0.15) is 13.2 Å². The molecule has 134 valence electrons. The molecule has 0 aliphatic heterocycles. The van der Waals surface area contributed by atoms with Crippen molar-refractivity contribution in [2.45, 2.75) is 6.18 Å². The Balaban J connectivity index is 2.08. The van der Waals surface area contributed by atoms with Crippen molar-refractivity contribution in [3.05, 3.63) is 75.8 Å². The summed E-state index contributed by atoms with van der Waals surface area (Å²) in [6, 6.07) is 7.97. The number of rotatable bonds is 2. The highest BCUT2D eigenvalue weighted by molar-refractivity contribution is 6.06. The normalized spacial score (nSPS) is 11.6. The van der Waals surface area contributed by atoms with Gasteiger partial charge in [-0.05, 0) is 30.3 Å². The smallest absolute Gasteiger partial charge is 0.350 e. The van der Waals surface area contributed by atoms with Crippen LogP contribution in [-0.2, 0) is 13.2 Å². The summed E-state index contributed by atoms with van der Waals surface area (Å²) in [7, 11) is 1.54. The summed E-state index contributed by atoms with van der Waals surface area (Å²) >= 11 is 0. The number of pyridine rings is 1. The van der Waals surface area contributed by atoms with Crippen LogP contribution in [0.4, 0.5) is 23.2 Å². The van der Waals surface area contributed by atoms with E-state index < -0.39 is 34.6 Å². The molecule has 0 bridgehead atoms. The van der Waals surface area contributed by atoms with E-state index in [2.05, 4.69) is 5.32 Å². The maximum atomic E-state index is 13.4. The number of carbonyl (C=O) groups is 1. The second-order valence-electron chi connectivity index (χ2n) is 5.64. The summed E-state index contributed by atoms with van der Waals surface area (Å²) in [5, 5.41) is 2.08. The van der Waals surface area contributed by atoms with E-state index in [0.717, 1.165) is 18.2 Å². The van der Waals surface area contributed by atoms with Gasteiger partial charge in [0.25, 0.3) is 5.91 Å². The summed E-state index contributed by atoms with van der Waals surface area (Å²) in [4.78, 5) is 24.9. The molecule has 1 amide bonds. The van der Waals surface area contributed by atoms with E-state index in [1.165, 1.54) is 35.0 Å². The van der Waals surface area contributed by atoms with Gasteiger partial charge >= 0.3 is 6.18 Å². The molecule has 0 spiro atoms. The van der Waals surface area contributed by atoms with E-state index in [1.807, 2.05) is 0 Å². The van der Waals surface area contributed by atoms with Gasteiger partial charge in [0.1, 0.15) is 11.4 Å². The third-order valence-electron chi connectivity index (χ3n) is 3.88. The van der Waals surface area contributed by atoms with Crippen LogP contribution < -0.4 is 10.7 Å². The number of nitrogens with one attached hydrogen (secondary N) is 1. The number of halogens is 4. The van der Waals surface area contributed by atoms with Gasteiger partial charge in [-0.3, -0.25) is 9.59 Å². The van der Waals surface area contributed by atoms with Crippen LogP contribution in [0.15, 0.2) is 53.5 Å². The predicted octanol–water partition coefficient (Wildman–Crippen LogP) is 3.95. The Morgan fingerprint density at radius 2 is 1.81 bits per heavy atom. The second-order valence-corrected chi connectivity index (χ2v) is 5.64. The zero-order valence-corrected chi connectivity index (χ0v) is 13.4. The molecular formula is C18H12F4N2O2. The van der Waals surface area contributed by atoms with E-state index in [-0.39, 0.29) is 10.9 Å². The molecule has 4 nitrogen and oxygen atoms in total. The van der Waals surface area contributed by atoms with Gasteiger partial charge in [0.15, 0.2) is 0 Å². The maximum Gasteiger partial charge on any atom is 0.418 e. The van der Waals surface area contributed by atoms with E-state index in [1.54, 1.807) is 7.05 Å². The fraction of sp³-hybridized carbons (Fsp3) is 0.111. The Morgan fingerprint density at radius 1 is 1.12 bits per heavy atom. The Morgan fingerprint density at radius 3 is 2.50 bits per heavy atom. The molecule has 0 fully saturated rings. The Hall–Kier alpha value is -3.16. The lowest BCUT2D eigenvalue weighted by atomic mass is 10.1. The number of aryl methyl sites for hydroxylation is 1.